The number of methoxy groups -OCH3 is 1. The minimum Gasteiger partial charge on any atom is -0.378 e. The van der Waals surface area contributed by atoms with E-state index >= 15 is 0 Å². The van der Waals surface area contributed by atoms with Gasteiger partial charge in [0.05, 0.1) is 25.1 Å². The fraction of sp³-hybridized carbons (Fsp3) is 0.625. The van der Waals surface area contributed by atoms with Crippen molar-refractivity contribution >= 4 is 42.2 Å². The van der Waals surface area contributed by atoms with Crippen LogP contribution in [0.25, 0.3) is 0 Å². The number of nitrogens with one attached hydrogen (secondary N) is 2. The normalized spacial score (nSPS) is 19.3. The molecule has 2 aliphatic heterocycles. The van der Waals surface area contributed by atoms with Gasteiger partial charge in [0.1, 0.15) is 11.4 Å². The third-order valence-corrected chi connectivity index (χ3v) is 4.58. The van der Waals surface area contributed by atoms with E-state index in [0.717, 1.165) is 45.1 Å². The van der Waals surface area contributed by atoms with Crippen LogP contribution in [0.2, 0.25) is 0 Å². The Kier molecular flexibility index (Phi) is 8.88. The van der Waals surface area contributed by atoms with Crippen LogP contribution >= 0.6 is 24.8 Å². The Bertz CT molecular complexity index is 533. The SMILES string of the molecule is COC1(C(=O)Nc2ccc(N3CCOCC3)cn2)CCNCC1.Cl.Cl. The van der Waals surface area contributed by atoms with Gasteiger partial charge in [-0.05, 0) is 38.1 Å². The van der Waals surface area contributed by atoms with E-state index in [-0.39, 0.29) is 30.7 Å². The van der Waals surface area contributed by atoms with Crippen molar-refractivity contribution in [1.82, 2.24) is 10.3 Å². The molecule has 1 aromatic rings. The Labute approximate surface area is 160 Å². The summed E-state index contributed by atoms with van der Waals surface area (Å²) in [6, 6.07) is 3.82. The summed E-state index contributed by atoms with van der Waals surface area (Å²) in [5.41, 5.74) is 0.296. The number of pyridine rings is 1. The van der Waals surface area contributed by atoms with E-state index < -0.39 is 5.60 Å². The van der Waals surface area contributed by atoms with Crippen molar-refractivity contribution in [3.8, 4) is 0 Å². The van der Waals surface area contributed by atoms with E-state index in [4.69, 9.17) is 9.47 Å². The van der Waals surface area contributed by atoms with Gasteiger partial charge < -0.3 is 25.0 Å². The Balaban J connectivity index is 0.00000156. The Hall–Kier alpha value is -1.12. The number of amides is 1. The zero-order valence-electron chi connectivity index (χ0n) is 14.3. The van der Waals surface area contributed by atoms with E-state index in [0.29, 0.717) is 18.7 Å². The van der Waals surface area contributed by atoms with Gasteiger partial charge in [-0.3, -0.25) is 4.79 Å². The number of hydrogen-bond donors (Lipinski definition) is 2. The summed E-state index contributed by atoms with van der Waals surface area (Å²) < 4.78 is 10.9. The first-order chi connectivity index (χ1) is 11.2. The summed E-state index contributed by atoms with van der Waals surface area (Å²) >= 11 is 0. The van der Waals surface area contributed by atoms with Crippen LogP contribution in [0.3, 0.4) is 0 Å². The van der Waals surface area contributed by atoms with Crippen LogP contribution in [0.1, 0.15) is 12.8 Å². The molecule has 2 N–H and O–H groups in total. The first kappa shape index (κ1) is 21.9. The van der Waals surface area contributed by atoms with Crippen LogP contribution in [0.15, 0.2) is 18.3 Å². The number of piperidine rings is 1. The van der Waals surface area contributed by atoms with Gasteiger partial charge in [0.15, 0.2) is 0 Å². The number of halogens is 2. The van der Waals surface area contributed by atoms with Crippen molar-refractivity contribution in [3.63, 3.8) is 0 Å². The lowest BCUT2D eigenvalue weighted by molar-refractivity contribution is -0.140. The van der Waals surface area contributed by atoms with E-state index in [9.17, 15) is 4.79 Å². The summed E-state index contributed by atoms with van der Waals surface area (Å²) in [5, 5.41) is 6.13. The quantitative estimate of drug-likeness (QED) is 0.807. The van der Waals surface area contributed by atoms with Crippen molar-refractivity contribution < 1.29 is 14.3 Å². The van der Waals surface area contributed by atoms with Crippen LogP contribution in [0.5, 0.6) is 0 Å². The van der Waals surface area contributed by atoms with Gasteiger partial charge in [0.25, 0.3) is 5.91 Å². The average Bonchev–Trinajstić information content (AvgIpc) is 2.63. The van der Waals surface area contributed by atoms with Crippen LogP contribution < -0.4 is 15.5 Å². The fourth-order valence-corrected chi connectivity index (χ4v) is 3.05. The van der Waals surface area contributed by atoms with Gasteiger partial charge in [0.2, 0.25) is 0 Å². The largest absolute Gasteiger partial charge is 0.378 e. The molecular formula is C16H26Cl2N4O3. The van der Waals surface area contributed by atoms with Gasteiger partial charge in [-0.1, -0.05) is 0 Å². The number of hydrogen-bond acceptors (Lipinski definition) is 6. The standard InChI is InChI=1S/C16H24N4O3.2ClH/c1-22-16(4-6-17-7-5-16)15(21)19-14-3-2-13(12-18-14)20-8-10-23-11-9-20;;/h2-3,12,17H,4-11H2,1H3,(H,18,19,21);2*1H. The number of morpholine rings is 1. The lowest BCUT2D eigenvalue weighted by Gasteiger charge is -2.34. The maximum Gasteiger partial charge on any atom is 0.257 e. The lowest BCUT2D eigenvalue weighted by Crippen LogP contribution is -2.51. The molecule has 0 bridgehead atoms. The summed E-state index contributed by atoms with van der Waals surface area (Å²) in [6.45, 7) is 4.78. The highest BCUT2D eigenvalue weighted by Gasteiger charge is 2.39. The number of carbonyl (C=O) groups excluding carboxylic acids is 1. The number of anilines is 2. The molecule has 0 aromatic carbocycles. The van der Waals surface area contributed by atoms with Gasteiger partial charge in [-0.25, -0.2) is 4.98 Å². The van der Waals surface area contributed by atoms with Crippen LogP contribution in [-0.2, 0) is 14.3 Å². The fourth-order valence-electron chi connectivity index (χ4n) is 3.05. The number of carbonyl (C=O) groups is 1. The summed E-state index contributed by atoms with van der Waals surface area (Å²) in [6.07, 6.45) is 3.13. The molecule has 3 heterocycles. The molecule has 2 aliphatic rings. The summed E-state index contributed by atoms with van der Waals surface area (Å²) in [4.78, 5) is 19.2. The first-order valence-electron chi connectivity index (χ1n) is 8.10. The zero-order chi connectivity index (χ0) is 16.1. The monoisotopic (exact) mass is 392 g/mol. The molecule has 1 aromatic heterocycles. The van der Waals surface area contributed by atoms with Crippen LogP contribution in [0, 0.1) is 0 Å². The smallest absolute Gasteiger partial charge is 0.257 e. The molecule has 0 atom stereocenters. The molecule has 0 saturated carbocycles. The molecular weight excluding hydrogens is 367 g/mol. The van der Waals surface area contributed by atoms with Gasteiger partial charge in [-0.2, -0.15) is 0 Å². The van der Waals surface area contributed by atoms with E-state index in [1.165, 1.54) is 0 Å². The molecule has 3 rings (SSSR count). The average molecular weight is 393 g/mol. The molecule has 7 nitrogen and oxygen atoms in total. The minimum atomic E-state index is -0.754. The van der Waals surface area contributed by atoms with Crippen molar-refractivity contribution in [2.45, 2.75) is 18.4 Å². The second-order valence-corrected chi connectivity index (χ2v) is 5.90. The molecule has 0 aliphatic carbocycles. The lowest BCUT2D eigenvalue weighted by atomic mass is 9.91. The molecule has 9 heteroatoms. The molecule has 0 unspecified atom stereocenters. The topological polar surface area (TPSA) is 75.7 Å². The van der Waals surface area contributed by atoms with E-state index in [2.05, 4.69) is 20.5 Å². The van der Waals surface area contributed by atoms with Gasteiger partial charge >= 0.3 is 0 Å². The van der Waals surface area contributed by atoms with E-state index in [1.54, 1.807) is 13.3 Å². The van der Waals surface area contributed by atoms with Crippen molar-refractivity contribution in [3.05, 3.63) is 18.3 Å². The molecule has 2 saturated heterocycles. The van der Waals surface area contributed by atoms with Crippen molar-refractivity contribution in [2.24, 2.45) is 0 Å². The number of rotatable bonds is 4. The summed E-state index contributed by atoms with van der Waals surface area (Å²) in [5.74, 6) is 0.440. The Morgan fingerprint density at radius 1 is 1.28 bits per heavy atom. The molecule has 2 fully saturated rings. The predicted molar refractivity (Wildman–Crippen MR) is 102 cm³/mol. The molecule has 25 heavy (non-hydrogen) atoms. The van der Waals surface area contributed by atoms with Crippen LogP contribution in [-0.4, -0.2) is 63.0 Å². The Morgan fingerprint density at radius 2 is 1.96 bits per heavy atom. The highest BCUT2D eigenvalue weighted by Crippen LogP contribution is 2.24. The second-order valence-electron chi connectivity index (χ2n) is 5.90. The molecule has 0 spiro atoms. The third kappa shape index (κ3) is 5.18. The number of nitrogens with zero attached hydrogens (tertiary/aromatic N) is 2. The van der Waals surface area contributed by atoms with Crippen molar-refractivity contribution in [2.75, 3.05) is 56.7 Å². The predicted octanol–water partition coefficient (Wildman–Crippen LogP) is 1.47. The van der Waals surface area contributed by atoms with Crippen LogP contribution in [0.4, 0.5) is 11.5 Å². The highest BCUT2D eigenvalue weighted by atomic mass is 35.5. The van der Waals surface area contributed by atoms with Gasteiger partial charge in [-0.15, -0.1) is 24.8 Å². The first-order valence-corrected chi connectivity index (χ1v) is 8.10. The van der Waals surface area contributed by atoms with Crippen molar-refractivity contribution in [1.29, 1.82) is 0 Å². The molecule has 1 amide bonds. The number of aromatic nitrogens is 1. The van der Waals surface area contributed by atoms with Gasteiger partial charge in [0, 0.05) is 20.2 Å². The minimum absolute atomic E-state index is 0. The molecule has 142 valence electrons. The Morgan fingerprint density at radius 3 is 2.52 bits per heavy atom. The second kappa shape index (κ2) is 10.1. The third-order valence-electron chi connectivity index (χ3n) is 4.58. The summed E-state index contributed by atoms with van der Waals surface area (Å²) in [7, 11) is 1.60. The molecule has 0 radical (unpaired) electrons. The van der Waals surface area contributed by atoms with E-state index in [1.807, 2.05) is 12.1 Å². The highest BCUT2D eigenvalue weighted by molar-refractivity contribution is 5.96. The zero-order valence-corrected chi connectivity index (χ0v) is 16.0. The maximum absolute atomic E-state index is 12.6. The maximum atomic E-state index is 12.6. The number of ether oxygens (including phenoxy) is 2.